The van der Waals surface area contributed by atoms with Crippen molar-refractivity contribution in [2.45, 2.75) is 25.9 Å². The van der Waals surface area contributed by atoms with Gasteiger partial charge in [0.1, 0.15) is 22.7 Å². The second-order valence-corrected chi connectivity index (χ2v) is 8.05. The minimum atomic E-state index is -0.411. The van der Waals surface area contributed by atoms with Crippen LogP contribution in [0.3, 0.4) is 0 Å². The van der Waals surface area contributed by atoms with Crippen LogP contribution in [0, 0.1) is 11.6 Å². The first-order chi connectivity index (χ1) is 15.5. The van der Waals surface area contributed by atoms with Crippen molar-refractivity contribution in [2.75, 3.05) is 0 Å². The molecule has 0 aliphatic carbocycles. The van der Waals surface area contributed by atoms with E-state index in [1.165, 1.54) is 24.5 Å². The number of aromatic nitrogens is 3. The predicted octanol–water partition coefficient (Wildman–Crippen LogP) is 5.48. The second-order valence-electron chi connectivity index (χ2n) is 8.05. The van der Waals surface area contributed by atoms with Gasteiger partial charge in [0.25, 0.3) is 5.56 Å². The molecule has 6 heteroatoms. The van der Waals surface area contributed by atoms with Gasteiger partial charge in [0.05, 0.1) is 18.4 Å². The summed E-state index contributed by atoms with van der Waals surface area (Å²) in [5, 5.41) is 0.539. The van der Waals surface area contributed by atoms with E-state index in [-0.39, 0.29) is 23.8 Å². The Bertz CT molecular complexity index is 1490. The second kappa shape index (κ2) is 8.04. The molecule has 0 aliphatic heterocycles. The van der Waals surface area contributed by atoms with Gasteiger partial charge in [0.15, 0.2) is 0 Å². The molecule has 0 radical (unpaired) electrons. The molecule has 3 aromatic carbocycles. The van der Waals surface area contributed by atoms with E-state index in [4.69, 9.17) is 0 Å². The van der Waals surface area contributed by atoms with Crippen molar-refractivity contribution in [3.8, 4) is 0 Å². The molecule has 0 saturated heterocycles. The number of hydrogen-bond acceptors (Lipinski definition) is 2. The molecule has 5 rings (SSSR count). The smallest absolute Gasteiger partial charge is 0.277 e. The van der Waals surface area contributed by atoms with Crippen molar-refractivity contribution < 1.29 is 8.78 Å². The molecule has 1 atom stereocenters. The van der Waals surface area contributed by atoms with E-state index in [1.54, 1.807) is 33.4 Å². The van der Waals surface area contributed by atoms with Crippen molar-refractivity contribution in [3.63, 3.8) is 0 Å². The van der Waals surface area contributed by atoms with Crippen molar-refractivity contribution in [2.24, 2.45) is 0 Å². The highest BCUT2D eigenvalue weighted by Gasteiger charge is 2.19. The fourth-order valence-electron chi connectivity index (χ4n) is 4.25. The van der Waals surface area contributed by atoms with E-state index in [0.29, 0.717) is 34.0 Å². The maximum atomic E-state index is 14.4. The molecule has 5 aromatic rings. The molecule has 0 N–H and O–H groups in total. The minimum absolute atomic E-state index is 0.0926. The van der Waals surface area contributed by atoms with Gasteiger partial charge in [-0.1, -0.05) is 55.5 Å². The zero-order chi connectivity index (χ0) is 22.2. The van der Waals surface area contributed by atoms with Gasteiger partial charge in [0, 0.05) is 17.5 Å². The van der Waals surface area contributed by atoms with Gasteiger partial charge < -0.3 is 4.57 Å². The molecule has 0 spiro atoms. The van der Waals surface area contributed by atoms with Gasteiger partial charge in [-0.3, -0.25) is 9.36 Å². The molecule has 2 aromatic heterocycles. The molecule has 0 fully saturated rings. The summed E-state index contributed by atoms with van der Waals surface area (Å²) in [6.45, 7) is 2.64. The van der Waals surface area contributed by atoms with Crippen LogP contribution < -0.4 is 5.56 Å². The highest BCUT2D eigenvalue weighted by Crippen LogP contribution is 2.28. The molecule has 32 heavy (non-hydrogen) atoms. The topological polar surface area (TPSA) is 39.8 Å². The normalized spacial score (nSPS) is 12.5. The Morgan fingerprint density at radius 3 is 2.50 bits per heavy atom. The van der Waals surface area contributed by atoms with Crippen LogP contribution in [0.25, 0.3) is 21.9 Å². The zero-order valence-corrected chi connectivity index (χ0v) is 17.5. The summed E-state index contributed by atoms with van der Waals surface area (Å²) in [4.78, 5) is 18.1. The Kier molecular flexibility index (Phi) is 5.05. The highest BCUT2D eigenvalue weighted by atomic mass is 19.1. The number of halogens is 2. The molecule has 0 amide bonds. The van der Waals surface area contributed by atoms with Gasteiger partial charge in [-0.05, 0) is 35.7 Å². The number of nitrogens with zero attached hydrogens (tertiary/aromatic N) is 3. The van der Waals surface area contributed by atoms with Crippen LogP contribution in [-0.2, 0) is 13.1 Å². The van der Waals surface area contributed by atoms with Gasteiger partial charge in [-0.25, -0.2) is 13.8 Å². The Balaban J connectivity index is 1.69. The quantitative estimate of drug-likeness (QED) is 0.371. The molecule has 0 unspecified atom stereocenters. The maximum absolute atomic E-state index is 14.4. The van der Waals surface area contributed by atoms with Crippen molar-refractivity contribution >= 4 is 21.9 Å². The summed E-state index contributed by atoms with van der Waals surface area (Å²) >= 11 is 0. The summed E-state index contributed by atoms with van der Waals surface area (Å²) in [5.74, 6) is -0.673. The largest absolute Gasteiger partial charge is 0.330 e. The van der Waals surface area contributed by atoms with Crippen LogP contribution in [0.2, 0.25) is 0 Å². The van der Waals surface area contributed by atoms with E-state index < -0.39 is 5.82 Å². The first-order valence-electron chi connectivity index (χ1n) is 10.5. The molecular formula is C26H21F2N3O. The lowest BCUT2D eigenvalue weighted by atomic mass is 10.0. The average Bonchev–Trinajstić information content (AvgIpc) is 3.11. The van der Waals surface area contributed by atoms with E-state index in [1.807, 2.05) is 30.3 Å². The Morgan fingerprint density at radius 2 is 1.72 bits per heavy atom. The van der Waals surface area contributed by atoms with E-state index >= 15 is 0 Å². The Labute approximate surface area is 183 Å². The molecule has 0 bridgehead atoms. The molecule has 0 saturated carbocycles. The summed E-state index contributed by atoms with van der Waals surface area (Å²) in [6, 6.07) is 20.7. The molecule has 160 valence electrons. The summed E-state index contributed by atoms with van der Waals surface area (Å²) in [5.41, 5.74) is 2.74. The highest BCUT2D eigenvalue weighted by molar-refractivity contribution is 6.05. The third-order valence-corrected chi connectivity index (χ3v) is 5.91. The lowest BCUT2D eigenvalue weighted by Gasteiger charge is -2.14. The van der Waals surface area contributed by atoms with Crippen molar-refractivity contribution in [1.82, 2.24) is 14.1 Å². The maximum Gasteiger partial charge on any atom is 0.277 e. The third-order valence-electron chi connectivity index (χ3n) is 5.91. The van der Waals surface area contributed by atoms with E-state index in [2.05, 4.69) is 11.9 Å². The standard InChI is InChI=1S/C26H21F2N3O/c1-17(18-7-3-2-4-8-18)14-30-16-29-24-21-13-20(27)11-12-23(21)31(25(24)26(30)32)15-19-9-5-6-10-22(19)28/h2-13,16-17H,14-15H2,1H3/t17-/m1/s1. The molecule has 4 nitrogen and oxygen atoms in total. The number of fused-ring (bicyclic) bond motifs is 3. The zero-order valence-electron chi connectivity index (χ0n) is 17.5. The SMILES string of the molecule is C[C@H](Cn1cnc2c3cc(F)ccc3n(Cc3ccccc3F)c2c1=O)c1ccccc1. The van der Waals surface area contributed by atoms with Crippen LogP contribution >= 0.6 is 0 Å². The fourth-order valence-corrected chi connectivity index (χ4v) is 4.25. The third kappa shape index (κ3) is 3.47. The van der Waals surface area contributed by atoms with Crippen LogP contribution in [0.1, 0.15) is 24.0 Å². The van der Waals surface area contributed by atoms with Gasteiger partial charge in [-0.2, -0.15) is 0 Å². The summed E-state index contributed by atoms with van der Waals surface area (Å²) in [7, 11) is 0. The van der Waals surface area contributed by atoms with Crippen LogP contribution in [0.5, 0.6) is 0 Å². The lowest BCUT2D eigenvalue weighted by Crippen LogP contribution is -2.24. The van der Waals surface area contributed by atoms with E-state index in [0.717, 1.165) is 5.56 Å². The van der Waals surface area contributed by atoms with Gasteiger partial charge in [0.2, 0.25) is 0 Å². The van der Waals surface area contributed by atoms with Gasteiger partial charge >= 0.3 is 0 Å². The lowest BCUT2D eigenvalue weighted by molar-refractivity contribution is 0.574. The molecular weight excluding hydrogens is 408 g/mol. The number of hydrogen-bond donors (Lipinski definition) is 0. The Hall–Kier alpha value is -3.80. The number of rotatable bonds is 5. The Morgan fingerprint density at radius 1 is 0.969 bits per heavy atom. The summed E-state index contributed by atoms with van der Waals surface area (Å²) in [6.07, 6.45) is 1.52. The van der Waals surface area contributed by atoms with E-state index in [9.17, 15) is 13.6 Å². The summed E-state index contributed by atoms with van der Waals surface area (Å²) < 4.78 is 31.8. The van der Waals surface area contributed by atoms with Crippen LogP contribution in [0.15, 0.2) is 83.9 Å². The van der Waals surface area contributed by atoms with Crippen molar-refractivity contribution in [3.05, 3.63) is 112 Å². The van der Waals surface area contributed by atoms with Crippen LogP contribution in [-0.4, -0.2) is 14.1 Å². The number of benzene rings is 3. The van der Waals surface area contributed by atoms with Crippen molar-refractivity contribution in [1.29, 1.82) is 0 Å². The first-order valence-corrected chi connectivity index (χ1v) is 10.5. The minimum Gasteiger partial charge on any atom is -0.330 e. The molecule has 0 aliphatic rings. The molecule has 2 heterocycles. The predicted molar refractivity (Wildman–Crippen MR) is 122 cm³/mol. The van der Waals surface area contributed by atoms with Gasteiger partial charge in [-0.15, -0.1) is 0 Å². The van der Waals surface area contributed by atoms with Crippen LogP contribution in [0.4, 0.5) is 8.78 Å². The monoisotopic (exact) mass is 429 g/mol. The fraction of sp³-hybridized carbons (Fsp3) is 0.154. The average molecular weight is 429 g/mol. The first kappa shape index (κ1) is 20.1.